The minimum Gasteiger partial charge on any atom is -0.493 e. The third kappa shape index (κ3) is 4.37. The molecule has 25 heavy (non-hydrogen) atoms. The van der Waals surface area contributed by atoms with Crippen LogP contribution in [0.15, 0.2) is 46.4 Å². The molecule has 0 fully saturated rings. The number of hydrogen-bond donors (Lipinski definition) is 1. The predicted octanol–water partition coefficient (Wildman–Crippen LogP) is 4.15. The number of carbonyl (C=O) groups excluding carboxylic acids is 1. The van der Waals surface area contributed by atoms with Crippen molar-refractivity contribution in [3.05, 3.63) is 57.8 Å². The van der Waals surface area contributed by atoms with Crippen molar-refractivity contribution in [1.29, 1.82) is 5.26 Å². The molecule has 1 N–H and O–H groups in total. The molecule has 2 aromatic rings. The maximum absolute atomic E-state index is 13.6. The molecule has 0 unspecified atom stereocenters. The first-order chi connectivity index (χ1) is 12.0. The van der Waals surface area contributed by atoms with Crippen molar-refractivity contribution >= 4 is 33.6 Å². The van der Waals surface area contributed by atoms with E-state index in [0.717, 1.165) is 0 Å². The zero-order chi connectivity index (χ0) is 18.4. The van der Waals surface area contributed by atoms with Crippen LogP contribution in [0.1, 0.15) is 5.56 Å². The van der Waals surface area contributed by atoms with Gasteiger partial charge in [0.25, 0.3) is 5.91 Å². The van der Waals surface area contributed by atoms with Crippen LogP contribution in [0.25, 0.3) is 6.08 Å². The molecule has 0 spiro atoms. The topological polar surface area (TPSA) is 71.3 Å². The number of ether oxygens (including phenoxy) is 2. The second-order valence-electron chi connectivity index (χ2n) is 4.83. The Kier molecular flexibility index (Phi) is 6.14. The fraction of sp³-hybridized carbons (Fsp3) is 0.111. The number of benzene rings is 2. The summed E-state index contributed by atoms with van der Waals surface area (Å²) < 4.78 is 24.6. The van der Waals surface area contributed by atoms with E-state index in [4.69, 9.17) is 9.47 Å². The number of rotatable bonds is 5. The van der Waals surface area contributed by atoms with Gasteiger partial charge >= 0.3 is 0 Å². The Morgan fingerprint density at radius 1 is 1.24 bits per heavy atom. The molecular formula is C18H14BrFN2O3. The number of methoxy groups -OCH3 is 2. The van der Waals surface area contributed by atoms with E-state index in [9.17, 15) is 14.4 Å². The number of anilines is 1. The van der Waals surface area contributed by atoms with Gasteiger partial charge in [0.05, 0.1) is 19.9 Å². The first-order valence-corrected chi connectivity index (χ1v) is 7.88. The molecule has 5 nitrogen and oxygen atoms in total. The van der Waals surface area contributed by atoms with Crippen LogP contribution >= 0.6 is 15.9 Å². The lowest BCUT2D eigenvalue weighted by Gasteiger charge is -2.10. The predicted molar refractivity (Wildman–Crippen MR) is 95.9 cm³/mol. The maximum Gasteiger partial charge on any atom is 0.266 e. The highest BCUT2D eigenvalue weighted by atomic mass is 79.9. The van der Waals surface area contributed by atoms with Crippen LogP contribution in [0, 0.1) is 17.1 Å². The first-order valence-electron chi connectivity index (χ1n) is 7.09. The second-order valence-corrected chi connectivity index (χ2v) is 5.69. The smallest absolute Gasteiger partial charge is 0.266 e. The fourth-order valence-corrected chi connectivity index (χ4v) is 2.47. The standard InChI is InChI=1S/C18H14BrFN2O3/c1-24-16-8-11(13(19)9-17(16)25-2)7-12(10-21)18(23)22-15-6-4-3-5-14(15)20/h3-9H,1-2H3,(H,22,23)/b12-7+. The van der Waals surface area contributed by atoms with E-state index >= 15 is 0 Å². The average molecular weight is 405 g/mol. The Hall–Kier alpha value is -2.85. The Balaban J connectivity index is 2.36. The van der Waals surface area contributed by atoms with Gasteiger partial charge in [-0.1, -0.05) is 28.1 Å². The van der Waals surface area contributed by atoms with Crippen LogP contribution in [0.5, 0.6) is 11.5 Å². The van der Waals surface area contributed by atoms with Gasteiger partial charge in [0, 0.05) is 4.47 Å². The minimum absolute atomic E-state index is 0.0000251. The highest BCUT2D eigenvalue weighted by molar-refractivity contribution is 9.10. The number of nitriles is 1. The Labute approximate surface area is 152 Å². The number of hydrogen-bond acceptors (Lipinski definition) is 4. The number of nitrogens with zero attached hydrogens (tertiary/aromatic N) is 1. The highest BCUT2D eigenvalue weighted by Gasteiger charge is 2.14. The quantitative estimate of drug-likeness (QED) is 0.599. The van der Waals surface area contributed by atoms with Crippen LogP contribution in [0.2, 0.25) is 0 Å². The summed E-state index contributed by atoms with van der Waals surface area (Å²) >= 11 is 3.36. The van der Waals surface area contributed by atoms with Gasteiger partial charge in [-0.05, 0) is 35.9 Å². The van der Waals surface area contributed by atoms with Crippen molar-refractivity contribution in [1.82, 2.24) is 0 Å². The van der Waals surface area contributed by atoms with Gasteiger partial charge in [-0.25, -0.2) is 4.39 Å². The largest absolute Gasteiger partial charge is 0.493 e. The van der Waals surface area contributed by atoms with Gasteiger partial charge in [-0.3, -0.25) is 4.79 Å². The number of para-hydroxylation sites is 1. The van der Waals surface area contributed by atoms with Gasteiger partial charge in [-0.2, -0.15) is 5.26 Å². The summed E-state index contributed by atoms with van der Waals surface area (Å²) in [5, 5.41) is 11.7. The summed E-state index contributed by atoms with van der Waals surface area (Å²) in [5.41, 5.74) is 0.356. The van der Waals surface area contributed by atoms with Crippen molar-refractivity contribution < 1.29 is 18.7 Å². The molecule has 0 aliphatic rings. The lowest BCUT2D eigenvalue weighted by atomic mass is 10.1. The number of amides is 1. The van der Waals surface area contributed by atoms with Crippen LogP contribution in [0.3, 0.4) is 0 Å². The van der Waals surface area contributed by atoms with Crippen molar-refractivity contribution in [2.24, 2.45) is 0 Å². The summed E-state index contributed by atoms with van der Waals surface area (Å²) in [4.78, 5) is 12.2. The summed E-state index contributed by atoms with van der Waals surface area (Å²) in [6.45, 7) is 0. The third-order valence-electron chi connectivity index (χ3n) is 3.29. The Morgan fingerprint density at radius 2 is 1.88 bits per heavy atom. The fourth-order valence-electron chi connectivity index (χ4n) is 2.04. The number of carbonyl (C=O) groups is 1. The van der Waals surface area contributed by atoms with Crippen molar-refractivity contribution in [3.8, 4) is 17.6 Å². The van der Waals surface area contributed by atoms with Gasteiger partial charge in [-0.15, -0.1) is 0 Å². The Morgan fingerprint density at radius 3 is 2.48 bits per heavy atom. The number of halogens is 2. The molecule has 7 heteroatoms. The zero-order valence-corrected chi connectivity index (χ0v) is 15.1. The number of nitrogens with one attached hydrogen (secondary N) is 1. The average Bonchev–Trinajstić information content (AvgIpc) is 2.62. The lowest BCUT2D eigenvalue weighted by Crippen LogP contribution is -2.14. The molecular weight excluding hydrogens is 391 g/mol. The molecule has 2 rings (SSSR count). The second kappa shape index (κ2) is 8.31. The van der Waals surface area contributed by atoms with E-state index in [1.54, 1.807) is 18.2 Å². The lowest BCUT2D eigenvalue weighted by molar-refractivity contribution is -0.112. The molecule has 0 atom stereocenters. The minimum atomic E-state index is -0.714. The molecule has 0 aliphatic carbocycles. The molecule has 0 saturated carbocycles. The highest BCUT2D eigenvalue weighted by Crippen LogP contribution is 2.34. The summed E-state index contributed by atoms with van der Waals surface area (Å²) in [6, 6.07) is 10.8. The molecule has 0 heterocycles. The van der Waals surface area contributed by atoms with Crippen LogP contribution in [-0.4, -0.2) is 20.1 Å². The molecule has 0 radical (unpaired) electrons. The van der Waals surface area contributed by atoms with Crippen molar-refractivity contribution in [2.75, 3.05) is 19.5 Å². The monoisotopic (exact) mass is 404 g/mol. The third-order valence-corrected chi connectivity index (χ3v) is 3.98. The molecule has 0 aliphatic heterocycles. The molecule has 1 amide bonds. The summed E-state index contributed by atoms with van der Waals surface area (Å²) in [5.74, 6) is -0.348. The summed E-state index contributed by atoms with van der Waals surface area (Å²) in [6.07, 6.45) is 1.38. The van der Waals surface area contributed by atoms with E-state index in [-0.39, 0.29) is 11.3 Å². The van der Waals surface area contributed by atoms with Crippen LogP contribution in [0.4, 0.5) is 10.1 Å². The summed E-state index contributed by atoms with van der Waals surface area (Å²) in [7, 11) is 2.98. The molecule has 0 aromatic heterocycles. The van der Waals surface area contributed by atoms with Crippen LogP contribution in [-0.2, 0) is 4.79 Å². The van der Waals surface area contributed by atoms with Gasteiger partial charge in [0.1, 0.15) is 17.5 Å². The Bertz CT molecular complexity index is 875. The van der Waals surface area contributed by atoms with E-state index in [1.807, 2.05) is 6.07 Å². The van der Waals surface area contributed by atoms with E-state index < -0.39 is 11.7 Å². The molecule has 128 valence electrons. The van der Waals surface area contributed by atoms with Crippen molar-refractivity contribution in [3.63, 3.8) is 0 Å². The SMILES string of the molecule is COc1cc(Br)c(/C=C(\C#N)C(=O)Nc2ccccc2F)cc1OC. The van der Waals surface area contributed by atoms with Gasteiger partial charge in [0.15, 0.2) is 11.5 Å². The zero-order valence-electron chi connectivity index (χ0n) is 13.5. The van der Waals surface area contributed by atoms with Crippen LogP contribution < -0.4 is 14.8 Å². The van der Waals surface area contributed by atoms with Gasteiger partial charge in [0.2, 0.25) is 0 Å². The maximum atomic E-state index is 13.6. The van der Waals surface area contributed by atoms with Gasteiger partial charge < -0.3 is 14.8 Å². The molecule has 0 saturated heterocycles. The van der Waals surface area contributed by atoms with E-state index in [0.29, 0.717) is 21.5 Å². The molecule has 2 aromatic carbocycles. The molecule has 0 bridgehead atoms. The van der Waals surface area contributed by atoms with E-state index in [2.05, 4.69) is 21.2 Å². The normalized spacial score (nSPS) is 10.8. The first kappa shape index (κ1) is 18.5. The van der Waals surface area contributed by atoms with E-state index in [1.165, 1.54) is 38.5 Å². The van der Waals surface area contributed by atoms with Crippen molar-refractivity contribution in [2.45, 2.75) is 0 Å².